The smallest absolute Gasteiger partial charge is 0.254 e. The molecule has 1 atom stereocenters. The molecule has 0 saturated carbocycles. The van der Waals surface area contributed by atoms with Crippen LogP contribution in [-0.2, 0) is 0 Å². The maximum absolute atomic E-state index is 13.0. The maximum atomic E-state index is 13.0. The number of nitrogens with zero attached hydrogens (tertiary/aromatic N) is 3. The number of amides is 1. The second-order valence-electron chi connectivity index (χ2n) is 6.19. The Morgan fingerprint density at radius 3 is 2.65 bits per heavy atom. The fourth-order valence-corrected chi connectivity index (χ4v) is 3.29. The molecule has 0 aliphatic carbocycles. The van der Waals surface area contributed by atoms with E-state index in [2.05, 4.69) is 11.1 Å². The zero-order chi connectivity index (χ0) is 16.2. The first-order valence-corrected chi connectivity index (χ1v) is 8.16. The van der Waals surface area contributed by atoms with Crippen molar-refractivity contribution in [1.29, 1.82) is 0 Å². The van der Waals surface area contributed by atoms with Crippen molar-refractivity contribution < 1.29 is 4.79 Å². The third-order valence-corrected chi connectivity index (χ3v) is 4.38. The van der Waals surface area contributed by atoms with Crippen molar-refractivity contribution in [1.82, 2.24) is 9.88 Å². The van der Waals surface area contributed by atoms with Gasteiger partial charge in [-0.3, -0.25) is 4.79 Å². The highest BCUT2D eigenvalue weighted by Crippen LogP contribution is 2.35. The average Bonchev–Trinajstić information content (AvgIpc) is 2.62. The van der Waals surface area contributed by atoms with Crippen LogP contribution >= 0.6 is 0 Å². The third-order valence-electron chi connectivity index (χ3n) is 4.38. The molecule has 2 aromatic rings. The summed E-state index contributed by atoms with van der Waals surface area (Å²) in [4.78, 5) is 21.5. The molecule has 23 heavy (non-hydrogen) atoms. The van der Waals surface area contributed by atoms with E-state index in [1.54, 1.807) is 0 Å². The highest BCUT2D eigenvalue weighted by molar-refractivity contribution is 5.94. The van der Waals surface area contributed by atoms with Crippen LogP contribution in [0.5, 0.6) is 0 Å². The zero-order valence-corrected chi connectivity index (χ0v) is 13.8. The molecule has 120 valence electrons. The van der Waals surface area contributed by atoms with Gasteiger partial charge in [-0.1, -0.05) is 24.3 Å². The average molecular weight is 309 g/mol. The van der Waals surface area contributed by atoms with Gasteiger partial charge in [-0.15, -0.1) is 0 Å². The minimum Gasteiger partial charge on any atom is -0.362 e. The summed E-state index contributed by atoms with van der Waals surface area (Å²) in [7, 11) is 4.00. The number of hydrogen-bond donors (Lipinski definition) is 0. The Kier molecular flexibility index (Phi) is 4.60. The van der Waals surface area contributed by atoms with Gasteiger partial charge in [0.25, 0.3) is 5.91 Å². The van der Waals surface area contributed by atoms with E-state index in [0.717, 1.165) is 42.8 Å². The molecule has 1 saturated heterocycles. The van der Waals surface area contributed by atoms with E-state index in [1.807, 2.05) is 66.5 Å². The Bertz CT molecular complexity index is 669. The van der Waals surface area contributed by atoms with Crippen molar-refractivity contribution in [3.63, 3.8) is 0 Å². The van der Waals surface area contributed by atoms with E-state index in [0.29, 0.717) is 0 Å². The number of carbonyl (C=O) groups is 1. The predicted octanol–water partition coefficient (Wildman–Crippen LogP) is 3.52. The monoisotopic (exact) mass is 309 g/mol. The summed E-state index contributed by atoms with van der Waals surface area (Å²) >= 11 is 0. The van der Waals surface area contributed by atoms with Crippen LogP contribution in [0.2, 0.25) is 0 Å². The lowest BCUT2D eigenvalue weighted by molar-refractivity contribution is 0.0612. The number of anilines is 1. The molecule has 0 bridgehead atoms. The van der Waals surface area contributed by atoms with Crippen molar-refractivity contribution in [3.8, 4) is 0 Å². The SMILES string of the molecule is CN(C)c1ncccc1[C@H]1CCCCN1C(=O)c1ccccc1. The van der Waals surface area contributed by atoms with Crippen LogP contribution in [0.4, 0.5) is 5.82 Å². The van der Waals surface area contributed by atoms with Crippen LogP contribution in [0, 0.1) is 0 Å². The minimum absolute atomic E-state index is 0.0996. The molecular formula is C19H23N3O. The second-order valence-corrected chi connectivity index (χ2v) is 6.19. The molecule has 0 radical (unpaired) electrons. The van der Waals surface area contributed by atoms with Crippen LogP contribution in [-0.4, -0.2) is 36.4 Å². The fraction of sp³-hybridized carbons (Fsp3) is 0.368. The predicted molar refractivity (Wildman–Crippen MR) is 92.6 cm³/mol. The molecule has 1 amide bonds. The number of pyridine rings is 1. The molecule has 1 fully saturated rings. The fourth-order valence-electron chi connectivity index (χ4n) is 3.29. The van der Waals surface area contributed by atoms with Crippen LogP contribution in [0.1, 0.15) is 41.2 Å². The second kappa shape index (κ2) is 6.82. The molecule has 3 rings (SSSR count). The molecule has 0 unspecified atom stereocenters. The minimum atomic E-state index is 0.0996. The van der Waals surface area contributed by atoms with E-state index in [9.17, 15) is 4.79 Å². The number of rotatable bonds is 3. The molecule has 4 heteroatoms. The molecule has 4 nitrogen and oxygen atoms in total. The van der Waals surface area contributed by atoms with Gasteiger partial charge in [0.1, 0.15) is 5.82 Å². The number of benzene rings is 1. The van der Waals surface area contributed by atoms with Crippen LogP contribution in [0.15, 0.2) is 48.7 Å². The van der Waals surface area contributed by atoms with Gasteiger partial charge in [-0.2, -0.15) is 0 Å². The van der Waals surface area contributed by atoms with E-state index >= 15 is 0 Å². The van der Waals surface area contributed by atoms with Gasteiger partial charge in [0.15, 0.2) is 0 Å². The van der Waals surface area contributed by atoms with Gasteiger partial charge in [0.2, 0.25) is 0 Å². The van der Waals surface area contributed by atoms with Crippen LogP contribution < -0.4 is 4.90 Å². The van der Waals surface area contributed by atoms with Gasteiger partial charge < -0.3 is 9.80 Å². The molecule has 1 aliphatic heterocycles. The number of hydrogen-bond acceptors (Lipinski definition) is 3. The number of likely N-dealkylation sites (tertiary alicyclic amines) is 1. The normalized spacial score (nSPS) is 17.8. The lowest BCUT2D eigenvalue weighted by Gasteiger charge is -2.37. The first kappa shape index (κ1) is 15.5. The summed E-state index contributed by atoms with van der Waals surface area (Å²) in [5.74, 6) is 1.06. The van der Waals surface area contributed by atoms with Gasteiger partial charge in [-0.25, -0.2) is 4.98 Å². The molecule has 1 aromatic carbocycles. The van der Waals surface area contributed by atoms with E-state index in [1.165, 1.54) is 0 Å². The standard InChI is InChI=1S/C19H23N3O/c1-21(2)18-16(11-8-13-20-18)17-12-6-7-14-22(17)19(23)15-9-4-3-5-10-15/h3-5,8-11,13,17H,6-7,12,14H2,1-2H3/t17-/m1/s1. The zero-order valence-electron chi connectivity index (χ0n) is 13.8. The summed E-state index contributed by atoms with van der Waals surface area (Å²) in [5, 5.41) is 0. The quantitative estimate of drug-likeness (QED) is 0.870. The van der Waals surface area contributed by atoms with Crippen molar-refractivity contribution in [2.45, 2.75) is 25.3 Å². The Hall–Kier alpha value is -2.36. The summed E-state index contributed by atoms with van der Waals surface area (Å²) in [6, 6.07) is 13.7. The first-order valence-electron chi connectivity index (χ1n) is 8.16. The summed E-state index contributed by atoms with van der Waals surface area (Å²) < 4.78 is 0. The van der Waals surface area contributed by atoms with Crippen LogP contribution in [0.3, 0.4) is 0 Å². The number of aromatic nitrogens is 1. The lowest BCUT2D eigenvalue weighted by atomic mass is 9.94. The molecule has 0 spiro atoms. The first-order chi connectivity index (χ1) is 11.2. The van der Waals surface area contributed by atoms with Crippen LogP contribution in [0.25, 0.3) is 0 Å². The van der Waals surface area contributed by atoms with Gasteiger partial charge in [0.05, 0.1) is 6.04 Å². The highest BCUT2D eigenvalue weighted by Gasteiger charge is 2.30. The Labute approximate surface area is 137 Å². The van der Waals surface area contributed by atoms with Gasteiger partial charge in [0, 0.05) is 38.0 Å². The van der Waals surface area contributed by atoms with E-state index in [-0.39, 0.29) is 11.9 Å². The number of piperidine rings is 1. The van der Waals surface area contributed by atoms with Crippen molar-refractivity contribution in [2.75, 3.05) is 25.5 Å². The van der Waals surface area contributed by atoms with Gasteiger partial charge >= 0.3 is 0 Å². The number of carbonyl (C=O) groups excluding carboxylic acids is 1. The molecule has 1 aromatic heterocycles. The van der Waals surface area contributed by atoms with Crippen molar-refractivity contribution in [3.05, 3.63) is 59.8 Å². The summed E-state index contributed by atoms with van der Waals surface area (Å²) in [6.07, 6.45) is 5.01. The van der Waals surface area contributed by atoms with Crippen molar-refractivity contribution >= 4 is 11.7 Å². The van der Waals surface area contributed by atoms with E-state index in [4.69, 9.17) is 0 Å². The third kappa shape index (κ3) is 3.21. The Morgan fingerprint density at radius 2 is 1.91 bits per heavy atom. The Morgan fingerprint density at radius 1 is 1.13 bits per heavy atom. The summed E-state index contributed by atoms with van der Waals surface area (Å²) in [6.45, 7) is 0.806. The summed E-state index contributed by atoms with van der Waals surface area (Å²) in [5.41, 5.74) is 1.90. The highest BCUT2D eigenvalue weighted by atomic mass is 16.2. The van der Waals surface area contributed by atoms with Gasteiger partial charge in [-0.05, 0) is 37.5 Å². The molecule has 1 aliphatic rings. The largest absolute Gasteiger partial charge is 0.362 e. The van der Waals surface area contributed by atoms with E-state index < -0.39 is 0 Å². The molecule has 0 N–H and O–H groups in total. The Balaban J connectivity index is 1.95. The van der Waals surface area contributed by atoms with Crippen molar-refractivity contribution in [2.24, 2.45) is 0 Å². The topological polar surface area (TPSA) is 36.4 Å². The molecular weight excluding hydrogens is 286 g/mol. The molecule has 2 heterocycles. The lowest BCUT2D eigenvalue weighted by Crippen LogP contribution is -2.39. The maximum Gasteiger partial charge on any atom is 0.254 e.